The van der Waals surface area contributed by atoms with Gasteiger partial charge in [0, 0.05) is 57.3 Å². The summed E-state index contributed by atoms with van der Waals surface area (Å²) in [6.07, 6.45) is -18.1. The monoisotopic (exact) mass is 1680 g/mol. The zero-order valence-corrected chi connectivity index (χ0v) is 66.0. The van der Waals surface area contributed by atoms with Gasteiger partial charge in [0.1, 0.15) is 83.0 Å². The van der Waals surface area contributed by atoms with Gasteiger partial charge in [0.05, 0.1) is 46.9 Å². The molecule has 7 aliphatic heterocycles. The Balaban J connectivity index is 1.03. The number of rotatable bonds is 17. The number of carbonyl (C=O) groups is 7. The van der Waals surface area contributed by atoms with E-state index in [1.165, 1.54) is 56.4 Å². The highest BCUT2D eigenvalue weighted by molar-refractivity contribution is 7.99. The molecule has 2 fully saturated rings. The van der Waals surface area contributed by atoms with E-state index in [0.29, 0.717) is 22.6 Å². The number of carboxylic acids is 1. The number of primary amides is 1. The van der Waals surface area contributed by atoms with Crippen LogP contribution in [0.2, 0.25) is 10.0 Å². The van der Waals surface area contributed by atoms with E-state index in [2.05, 4.69) is 43.8 Å². The molecule has 0 spiro atoms. The first-order chi connectivity index (χ1) is 56.1. The second-order valence-electron chi connectivity index (χ2n) is 29.9. The standard InChI is InChI=1S/C82H86Cl2N10O23S/c1-34(2)23-48(87-6)74(104)93-65-67(100)41-19-22-53(47(84)26-41)113-55-28-42-27-54(71(55)116-80-72(115-58-32-82(5,86)73(103)36(4)111-58)69(102)68(101)56(114-80)33-118-81-94-61(37-13-9-7-10-14-37)70(117-81)38-15-11-8-12-16-38)112-52-21-18-40(25-46(52)83)66(99)64-78(108)92-63(79(109)110)45-29-43(95)30-51(97)59(45)44-24-39(17-20-50(44)96)60(35(3)88-64)90-76(106)62(42)91-75(105)49(31-57(85)98)89-77(65)107/h7-22,24-30,34,36,48-49,56,58,60,62-69,72-73,80,87-88,95-97,99-103H,3,23,31-33,86H2,1-2,4-6H3,(H2,85,98)(H,89,107)(H,90,106)(H,91,105)(H,92,108)(H,93,104)(H,109,110)/t36?,48-,49-,56?,58?,60?,62?,63+,64-,65+,66+,67+,68?,69?,72?,73?,80?,82?/m0/s1. The van der Waals surface area contributed by atoms with Gasteiger partial charge in [0.2, 0.25) is 47.5 Å². The predicted molar refractivity (Wildman–Crippen MR) is 424 cm³/mol. The minimum atomic E-state index is -2.25. The van der Waals surface area contributed by atoms with Crippen molar-refractivity contribution in [3.63, 3.8) is 0 Å². The number of benzene rings is 7. The number of aromatic hydroxyl groups is 3. The number of halogens is 2. The van der Waals surface area contributed by atoms with E-state index in [0.717, 1.165) is 48.2 Å². The molecule has 7 aromatic carbocycles. The lowest BCUT2D eigenvalue weighted by Crippen LogP contribution is -2.64. The summed E-state index contributed by atoms with van der Waals surface area (Å²) in [6, 6.07) is 19.8. The third-order valence-electron chi connectivity index (χ3n) is 20.8. The number of phenolic OH excluding ortho intramolecular Hbond substituents is 3. The van der Waals surface area contributed by atoms with E-state index in [1.54, 1.807) is 6.92 Å². The molecule has 622 valence electrons. The lowest BCUT2D eigenvalue weighted by molar-refractivity contribution is -0.329. The molecule has 118 heavy (non-hydrogen) atoms. The van der Waals surface area contributed by atoms with Crippen molar-refractivity contribution in [2.45, 2.75) is 161 Å². The van der Waals surface area contributed by atoms with Gasteiger partial charge < -0.3 is 127 Å². The summed E-state index contributed by atoms with van der Waals surface area (Å²) in [5.74, 6) is -13.4. The van der Waals surface area contributed by atoms with Crippen LogP contribution in [0.5, 0.6) is 46.0 Å². The Labute approximate surface area is 688 Å². The number of oxazole rings is 1. The summed E-state index contributed by atoms with van der Waals surface area (Å²) in [4.78, 5) is 108. The van der Waals surface area contributed by atoms with Crippen molar-refractivity contribution in [3.05, 3.63) is 190 Å². The quantitative estimate of drug-likeness (QED) is 0.0450. The van der Waals surface area contributed by atoms with Crippen LogP contribution in [0.3, 0.4) is 0 Å². The van der Waals surface area contributed by atoms with Crippen LogP contribution in [0.4, 0.5) is 0 Å². The van der Waals surface area contributed by atoms with Crippen LogP contribution in [0.1, 0.15) is 105 Å². The fraction of sp³-hybridized carbons (Fsp3) is 0.341. The van der Waals surface area contributed by atoms with E-state index in [9.17, 15) is 60.3 Å². The van der Waals surface area contributed by atoms with Gasteiger partial charge in [-0.25, -0.2) is 9.78 Å². The van der Waals surface area contributed by atoms with Crippen LogP contribution in [0.25, 0.3) is 33.7 Å². The number of nitrogens with zero attached hydrogens (tertiary/aromatic N) is 1. The first-order valence-electron chi connectivity index (χ1n) is 37.4. The molecule has 33 nitrogen and oxygen atoms in total. The molecular formula is C82H86Cl2N10O23S. The van der Waals surface area contributed by atoms with Crippen molar-refractivity contribution in [3.8, 4) is 79.7 Å². The van der Waals surface area contributed by atoms with Crippen molar-refractivity contribution < 1.29 is 112 Å². The zero-order chi connectivity index (χ0) is 84.6. The van der Waals surface area contributed by atoms with E-state index in [-0.39, 0.29) is 79.1 Å². The molecule has 2 saturated heterocycles. The minimum Gasteiger partial charge on any atom is -0.508 e. The molecule has 36 heteroatoms. The van der Waals surface area contributed by atoms with Gasteiger partial charge in [-0.1, -0.05) is 134 Å². The first kappa shape index (κ1) is 84.8. The number of aromatic nitrogens is 1. The van der Waals surface area contributed by atoms with Crippen molar-refractivity contribution in [2.24, 2.45) is 17.4 Å². The number of ether oxygens (including phenoxy) is 6. The molecule has 8 heterocycles. The van der Waals surface area contributed by atoms with Crippen molar-refractivity contribution >= 4 is 76.4 Å². The van der Waals surface area contributed by atoms with Crippen LogP contribution in [-0.2, 0) is 47.8 Å². The number of hydrogen-bond donors (Lipinski definition) is 18. The van der Waals surface area contributed by atoms with Crippen molar-refractivity contribution in [1.29, 1.82) is 0 Å². The summed E-state index contributed by atoms with van der Waals surface area (Å²) in [5.41, 5.74) is 10.5. The number of thioether (sulfide) groups is 1. The average Bonchev–Trinajstić information content (AvgIpc) is 1.03. The number of amides is 6. The average molecular weight is 1680 g/mol. The van der Waals surface area contributed by atoms with Crippen LogP contribution in [0, 0.1) is 5.92 Å². The van der Waals surface area contributed by atoms with Gasteiger partial charge in [0.15, 0.2) is 35.7 Å². The highest BCUT2D eigenvalue weighted by atomic mass is 35.5. The van der Waals surface area contributed by atoms with Gasteiger partial charge in [-0.3, -0.25) is 28.8 Å². The fourth-order valence-corrected chi connectivity index (χ4v) is 16.0. The molecule has 1 aromatic heterocycles. The van der Waals surface area contributed by atoms with E-state index < -0.39 is 208 Å². The Morgan fingerprint density at radius 3 is 1.95 bits per heavy atom. The van der Waals surface area contributed by atoms with Crippen molar-refractivity contribution in [2.75, 3.05) is 12.8 Å². The second kappa shape index (κ2) is 35.2. The number of nitrogens with one attached hydrogen (secondary N) is 7. The third-order valence-corrected chi connectivity index (χ3v) is 22.3. The topological polar surface area (TPSA) is 519 Å². The van der Waals surface area contributed by atoms with Crippen LogP contribution >= 0.6 is 35.0 Å². The first-order valence-corrected chi connectivity index (χ1v) is 39.1. The smallest absolute Gasteiger partial charge is 0.330 e. The van der Waals surface area contributed by atoms with Gasteiger partial charge in [-0.2, -0.15) is 0 Å². The molecule has 7 aliphatic rings. The van der Waals surface area contributed by atoms with E-state index in [4.69, 9.17) is 72.5 Å². The Kier molecular flexibility index (Phi) is 25.3. The number of phenols is 3. The zero-order valence-electron chi connectivity index (χ0n) is 63.7. The molecule has 15 rings (SSSR count). The van der Waals surface area contributed by atoms with E-state index >= 15 is 19.2 Å². The predicted octanol–water partition coefficient (Wildman–Crippen LogP) is 6.22. The molecule has 11 bridgehead atoms. The highest BCUT2D eigenvalue weighted by Gasteiger charge is 2.52. The van der Waals surface area contributed by atoms with E-state index in [1.807, 2.05) is 74.5 Å². The molecule has 0 radical (unpaired) electrons. The molecular weight excluding hydrogens is 1600 g/mol. The number of carbonyl (C=O) groups excluding carboxylic acids is 6. The Morgan fingerprint density at radius 1 is 0.712 bits per heavy atom. The maximum atomic E-state index is 16.4. The Bertz CT molecular complexity index is 5130. The SMILES string of the molecule is C=C1N[C@@H]2C(=O)N[C@@H](C(=O)O)c3cc(O)cc(O)c3-c3cc(ccc3O)C1NC(=O)C1NC(=O)[C@H](CC(N)=O)NC(=O)[C@H](NC(=O)[C@H](CC(C)C)NC)[C@H](O)c3ccc(c(Cl)c3)Oc3cc1cc(c3OC1OC(CSc3nc(-c4ccccc4)c(-c4ccccc4)o3)C(O)C(O)C1OC1CC(C)(N)C(O)C(C)O1)Oc1ccc(cc1Cl)[C@H]2O. The number of fused-ring (bicyclic) bond motifs is 15. The normalized spacial score (nSPS) is 26.8. The Hall–Kier alpha value is -11.1. The third kappa shape index (κ3) is 18.1. The number of nitrogens with two attached hydrogens (primary N) is 2. The van der Waals surface area contributed by atoms with Crippen molar-refractivity contribution in [1.82, 2.24) is 42.2 Å². The van der Waals surface area contributed by atoms with Gasteiger partial charge >= 0.3 is 5.97 Å². The van der Waals surface area contributed by atoms with Crippen LogP contribution < -0.4 is 62.9 Å². The summed E-state index contributed by atoms with van der Waals surface area (Å²) in [6.45, 7) is 11.0. The van der Waals surface area contributed by atoms with Crippen LogP contribution in [0.15, 0.2) is 161 Å². The summed E-state index contributed by atoms with van der Waals surface area (Å²) < 4.78 is 46.8. The summed E-state index contributed by atoms with van der Waals surface area (Å²) >= 11 is 15.5. The summed E-state index contributed by atoms with van der Waals surface area (Å²) in [7, 11) is 1.49. The summed E-state index contributed by atoms with van der Waals surface area (Å²) in [5, 5.41) is 125. The van der Waals surface area contributed by atoms with Crippen LogP contribution in [-0.4, -0.2) is 184 Å². The lowest BCUT2D eigenvalue weighted by atomic mass is 9.86. The molecule has 20 N–H and O–H groups in total. The maximum Gasteiger partial charge on any atom is 0.330 e. The second-order valence-corrected chi connectivity index (χ2v) is 31.7. The van der Waals surface area contributed by atoms with Gasteiger partial charge in [0.25, 0.3) is 5.22 Å². The number of aliphatic carboxylic acids is 1. The Morgan fingerprint density at radius 2 is 1.34 bits per heavy atom. The van der Waals surface area contributed by atoms with Gasteiger partial charge in [-0.05, 0) is 110 Å². The number of carboxylic acid groups (broad SMARTS) is 1. The molecule has 18 atom stereocenters. The molecule has 11 unspecified atom stereocenters. The number of aliphatic hydroxyl groups is 5. The maximum absolute atomic E-state index is 16.4. The number of aliphatic hydroxyl groups excluding tert-OH is 5. The van der Waals surface area contributed by atoms with Gasteiger partial charge in [-0.15, -0.1) is 0 Å². The fourth-order valence-electron chi connectivity index (χ4n) is 14.7. The lowest BCUT2D eigenvalue weighted by Gasteiger charge is -2.47. The molecule has 6 amide bonds. The molecule has 0 aliphatic carbocycles. The number of likely N-dealkylation sites (N-methyl/N-ethyl adjacent to an activating group) is 1. The largest absolute Gasteiger partial charge is 0.508 e. The molecule has 8 aromatic rings. The minimum absolute atomic E-state index is 0.0944. The number of hydrogen-bond acceptors (Lipinski definition) is 27. The molecule has 0 saturated carbocycles. The highest BCUT2D eigenvalue weighted by Crippen LogP contribution is 2.51.